The molecule has 0 aliphatic carbocycles. The van der Waals surface area contributed by atoms with Crippen LogP contribution in [0.1, 0.15) is 31.9 Å². The average Bonchev–Trinajstić information content (AvgIpc) is 3.03. The zero-order chi connectivity index (χ0) is 17.6. The number of nitrogens with one attached hydrogen (secondary N) is 1. The quantitative estimate of drug-likeness (QED) is 0.718. The molecule has 3 nitrogen and oxygen atoms in total. The van der Waals surface area contributed by atoms with Gasteiger partial charge in [0.2, 0.25) is 0 Å². The molecule has 0 saturated heterocycles. The number of para-hydroxylation sites is 1. The fourth-order valence-electron chi connectivity index (χ4n) is 2.55. The van der Waals surface area contributed by atoms with E-state index < -0.39 is 6.10 Å². The van der Waals surface area contributed by atoms with E-state index in [1.165, 1.54) is 5.56 Å². The number of aliphatic hydroxyl groups excluding tert-OH is 1. The molecular weight excluding hydrogens is 318 g/mol. The van der Waals surface area contributed by atoms with Crippen molar-refractivity contribution in [3.63, 3.8) is 0 Å². The van der Waals surface area contributed by atoms with Crippen LogP contribution in [0.15, 0.2) is 47.7 Å². The van der Waals surface area contributed by atoms with Gasteiger partial charge in [-0.25, -0.2) is 0 Å². The molecule has 0 amide bonds. The second-order valence-corrected chi connectivity index (χ2v) is 7.59. The Morgan fingerprint density at radius 2 is 2.08 bits per heavy atom. The number of β-amino-alcohol motifs (C(OH)–C–C–N with tert-alkyl or cyclic N) is 1. The van der Waals surface area contributed by atoms with Gasteiger partial charge in [-0.05, 0) is 61.2 Å². The molecule has 130 valence electrons. The topological polar surface area (TPSA) is 41.5 Å². The second kappa shape index (κ2) is 8.47. The van der Waals surface area contributed by atoms with Gasteiger partial charge in [-0.3, -0.25) is 0 Å². The predicted octanol–water partition coefficient (Wildman–Crippen LogP) is 4.13. The van der Waals surface area contributed by atoms with Gasteiger partial charge < -0.3 is 15.2 Å². The van der Waals surface area contributed by atoms with Crippen LogP contribution in [0, 0.1) is 0 Å². The van der Waals surface area contributed by atoms with E-state index >= 15 is 0 Å². The number of hydrogen-bond acceptors (Lipinski definition) is 4. The molecule has 4 heteroatoms. The lowest BCUT2D eigenvalue weighted by Crippen LogP contribution is -2.46. The first-order chi connectivity index (χ1) is 11.4. The molecule has 0 radical (unpaired) electrons. The van der Waals surface area contributed by atoms with E-state index in [9.17, 15) is 5.11 Å². The maximum Gasteiger partial charge on any atom is 0.126 e. The number of allylic oxidation sites excluding steroid dienone is 1. The van der Waals surface area contributed by atoms with Gasteiger partial charge in [-0.1, -0.05) is 24.8 Å². The van der Waals surface area contributed by atoms with Crippen molar-refractivity contribution in [2.75, 3.05) is 13.2 Å². The molecule has 0 aliphatic rings. The SMILES string of the molecule is C=C(C)c1ccccc1OCC(O)CNC(C)(C)Cc1ccsc1. The number of thiophene rings is 1. The van der Waals surface area contributed by atoms with Crippen LogP contribution in [-0.2, 0) is 6.42 Å². The van der Waals surface area contributed by atoms with Gasteiger partial charge in [-0.15, -0.1) is 0 Å². The van der Waals surface area contributed by atoms with Gasteiger partial charge in [0.1, 0.15) is 18.5 Å². The summed E-state index contributed by atoms with van der Waals surface area (Å²) in [4.78, 5) is 0. The molecular formula is C20H27NO2S. The van der Waals surface area contributed by atoms with Gasteiger partial charge >= 0.3 is 0 Å². The molecule has 1 atom stereocenters. The van der Waals surface area contributed by atoms with Crippen molar-refractivity contribution in [1.82, 2.24) is 5.32 Å². The third-order valence-electron chi connectivity index (χ3n) is 3.82. The van der Waals surface area contributed by atoms with Crippen LogP contribution < -0.4 is 10.1 Å². The lowest BCUT2D eigenvalue weighted by molar-refractivity contribution is 0.0987. The van der Waals surface area contributed by atoms with Crippen LogP contribution in [0.2, 0.25) is 0 Å². The van der Waals surface area contributed by atoms with E-state index in [1.54, 1.807) is 11.3 Å². The Bertz CT molecular complexity index is 649. The predicted molar refractivity (Wildman–Crippen MR) is 103 cm³/mol. The number of ether oxygens (including phenoxy) is 1. The Labute approximate surface area is 149 Å². The van der Waals surface area contributed by atoms with Crippen LogP contribution in [-0.4, -0.2) is 29.9 Å². The van der Waals surface area contributed by atoms with E-state index in [-0.39, 0.29) is 12.1 Å². The third kappa shape index (κ3) is 5.78. The van der Waals surface area contributed by atoms with Crippen molar-refractivity contribution in [2.24, 2.45) is 0 Å². The minimum Gasteiger partial charge on any atom is -0.490 e. The molecule has 1 aromatic carbocycles. The standard InChI is InChI=1S/C20H27NO2S/c1-15(2)18-7-5-6-8-19(18)23-13-17(22)12-21-20(3,4)11-16-9-10-24-14-16/h5-10,14,17,21-22H,1,11-13H2,2-4H3. The van der Waals surface area contributed by atoms with Crippen LogP contribution in [0.4, 0.5) is 0 Å². The summed E-state index contributed by atoms with van der Waals surface area (Å²) >= 11 is 1.71. The first kappa shape index (κ1) is 18.7. The fourth-order valence-corrected chi connectivity index (χ4v) is 3.22. The lowest BCUT2D eigenvalue weighted by Gasteiger charge is -2.27. The summed E-state index contributed by atoms with van der Waals surface area (Å²) in [6.07, 6.45) is 0.368. The summed E-state index contributed by atoms with van der Waals surface area (Å²) in [7, 11) is 0. The fraction of sp³-hybridized carbons (Fsp3) is 0.400. The molecule has 0 fully saturated rings. The number of hydrogen-bond donors (Lipinski definition) is 2. The molecule has 0 saturated carbocycles. The zero-order valence-electron chi connectivity index (χ0n) is 14.7. The smallest absolute Gasteiger partial charge is 0.126 e. The largest absolute Gasteiger partial charge is 0.490 e. The normalized spacial score (nSPS) is 12.8. The van der Waals surface area contributed by atoms with E-state index in [0.717, 1.165) is 23.3 Å². The van der Waals surface area contributed by atoms with Gasteiger partial charge in [-0.2, -0.15) is 11.3 Å². The van der Waals surface area contributed by atoms with E-state index in [0.29, 0.717) is 6.54 Å². The maximum atomic E-state index is 10.2. The molecule has 24 heavy (non-hydrogen) atoms. The van der Waals surface area contributed by atoms with E-state index in [2.05, 4.69) is 42.6 Å². The minimum atomic E-state index is -0.565. The van der Waals surface area contributed by atoms with E-state index in [1.807, 2.05) is 31.2 Å². The highest BCUT2D eigenvalue weighted by Gasteiger charge is 2.19. The first-order valence-corrected chi connectivity index (χ1v) is 9.13. The summed E-state index contributed by atoms with van der Waals surface area (Å²) in [5.41, 5.74) is 3.18. The highest BCUT2D eigenvalue weighted by molar-refractivity contribution is 7.07. The molecule has 1 heterocycles. The number of rotatable bonds is 9. The van der Waals surface area contributed by atoms with Crippen molar-refractivity contribution in [3.8, 4) is 5.75 Å². The molecule has 2 aromatic rings. The Balaban J connectivity index is 1.81. The lowest BCUT2D eigenvalue weighted by atomic mass is 9.96. The van der Waals surface area contributed by atoms with Crippen molar-refractivity contribution in [2.45, 2.75) is 38.8 Å². The second-order valence-electron chi connectivity index (χ2n) is 6.81. The molecule has 2 rings (SSSR count). The summed E-state index contributed by atoms with van der Waals surface area (Å²) in [6, 6.07) is 9.91. The molecule has 0 bridgehead atoms. The summed E-state index contributed by atoms with van der Waals surface area (Å²) in [6.45, 7) is 11.0. The van der Waals surface area contributed by atoms with Gasteiger partial charge in [0.05, 0.1) is 0 Å². The Morgan fingerprint density at radius 3 is 2.75 bits per heavy atom. The number of aliphatic hydroxyl groups is 1. The van der Waals surface area contributed by atoms with Crippen LogP contribution >= 0.6 is 11.3 Å². The van der Waals surface area contributed by atoms with Crippen LogP contribution in [0.5, 0.6) is 5.75 Å². The van der Waals surface area contributed by atoms with Gasteiger partial charge in [0.25, 0.3) is 0 Å². The summed E-state index contributed by atoms with van der Waals surface area (Å²) in [5.74, 6) is 0.765. The monoisotopic (exact) mass is 345 g/mol. The Morgan fingerprint density at radius 1 is 1.33 bits per heavy atom. The highest BCUT2D eigenvalue weighted by atomic mass is 32.1. The third-order valence-corrected chi connectivity index (χ3v) is 4.55. The van der Waals surface area contributed by atoms with Crippen LogP contribution in [0.3, 0.4) is 0 Å². The summed E-state index contributed by atoms with van der Waals surface area (Å²) < 4.78 is 5.78. The molecule has 0 aliphatic heterocycles. The number of benzene rings is 1. The first-order valence-electron chi connectivity index (χ1n) is 8.19. The molecule has 0 spiro atoms. The van der Waals surface area contributed by atoms with Gasteiger partial charge in [0.15, 0.2) is 0 Å². The molecule has 2 N–H and O–H groups in total. The maximum absolute atomic E-state index is 10.2. The van der Waals surface area contributed by atoms with Crippen molar-refractivity contribution >= 4 is 16.9 Å². The van der Waals surface area contributed by atoms with E-state index in [4.69, 9.17) is 4.74 Å². The van der Waals surface area contributed by atoms with Crippen molar-refractivity contribution in [3.05, 3.63) is 58.8 Å². The van der Waals surface area contributed by atoms with Crippen molar-refractivity contribution in [1.29, 1.82) is 0 Å². The minimum absolute atomic E-state index is 0.0718. The molecule has 1 unspecified atom stereocenters. The van der Waals surface area contributed by atoms with Crippen LogP contribution in [0.25, 0.3) is 5.57 Å². The molecule has 1 aromatic heterocycles. The Kier molecular flexibility index (Phi) is 6.60. The average molecular weight is 346 g/mol. The zero-order valence-corrected chi connectivity index (χ0v) is 15.5. The highest BCUT2D eigenvalue weighted by Crippen LogP contribution is 2.24. The van der Waals surface area contributed by atoms with Crippen molar-refractivity contribution < 1.29 is 9.84 Å². The van der Waals surface area contributed by atoms with Gasteiger partial charge in [0, 0.05) is 17.6 Å². The summed E-state index contributed by atoms with van der Waals surface area (Å²) in [5, 5.41) is 17.9. The Hall–Kier alpha value is -1.62.